The first-order valence-electron chi connectivity index (χ1n) is 14.9. The van der Waals surface area contributed by atoms with Gasteiger partial charge in [0.1, 0.15) is 0 Å². The Kier molecular flexibility index (Phi) is 8.95. The van der Waals surface area contributed by atoms with E-state index in [-0.39, 0.29) is 17.9 Å². The fraction of sp³-hybridized carbons (Fsp3) is 0.222. The standard InChI is InChI=1S/C36H33N5O2S/c37-21-26-11-13-27(14-12-26)23-40-25-38-22-32(40)24-41(36(43)29-7-3-1-4-8-29)31-17-15-28(16-18-31)33-19-20-34(44-33)35(42)39-30-9-5-2-6-10-30/h1,3-4,7-8,11-20,22,25,30H,2,5-6,9-10,23-24H2,(H,39,42). The van der Waals surface area contributed by atoms with Gasteiger partial charge in [-0.25, -0.2) is 4.98 Å². The molecule has 44 heavy (non-hydrogen) atoms. The number of nitriles is 1. The number of thiophene rings is 1. The van der Waals surface area contributed by atoms with Crippen LogP contribution in [0.25, 0.3) is 10.4 Å². The molecule has 0 aliphatic heterocycles. The molecule has 0 saturated heterocycles. The number of rotatable bonds is 9. The molecule has 2 heterocycles. The Hall–Kier alpha value is -5.00. The molecule has 8 heteroatoms. The van der Waals surface area contributed by atoms with Crippen LogP contribution in [0.3, 0.4) is 0 Å². The van der Waals surface area contributed by atoms with E-state index in [1.165, 1.54) is 30.6 Å². The zero-order valence-corrected chi connectivity index (χ0v) is 25.2. The van der Waals surface area contributed by atoms with Gasteiger partial charge in [-0.2, -0.15) is 5.26 Å². The maximum Gasteiger partial charge on any atom is 0.261 e. The fourth-order valence-corrected chi connectivity index (χ4v) is 6.52. The quantitative estimate of drug-likeness (QED) is 0.191. The van der Waals surface area contributed by atoms with Crippen LogP contribution < -0.4 is 10.2 Å². The van der Waals surface area contributed by atoms with Gasteiger partial charge in [-0.15, -0.1) is 11.3 Å². The van der Waals surface area contributed by atoms with E-state index < -0.39 is 0 Å². The van der Waals surface area contributed by atoms with Crippen molar-refractivity contribution < 1.29 is 9.59 Å². The minimum atomic E-state index is -0.109. The van der Waals surface area contributed by atoms with Crippen molar-refractivity contribution in [1.29, 1.82) is 5.26 Å². The number of nitrogens with zero attached hydrogens (tertiary/aromatic N) is 4. The van der Waals surface area contributed by atoms with Gasteiger partial charge in [0, 0.05) is 34.9 Å². The van der Waals surface area contributed by atoms with E-state index in [0.29, 0.717) is 29.1 Å². The van der Waals surface area contributed by atoms with Gasteiger partial charge < -0.3 is 14.8 Å². The number of carbonyl (C=O) groups is 2. The van der Waals surface area contributed by atoms with E-state index in [4.69, 9.17) is 5.26 Å². The summed E-state index contributed by atoms with van der Waals surface area (Å²) in [6.07, 6.45) is 9.27. The molecule has 1 fully saturated rings. The smallest absolute Gasteiger partial charge is 0.261 e. The zero-order valence-electron chi connectivity index (χ0n) is 24.4. The minimum Gasteiger partial charge on any atom is -0.349 e. The van der Waals surface area contributed by atoms with Crippen molar-refractivity contribution in [1.82, 2.24) is 14.9 Å². The molecule has 0 unspecified atom stereocenters. The highest BCUT2D eigenvalue weighted by atomic mass is 32.1. The average Bonchev–Trinajstić information content (AvgIpc) is 3.75. The summed E-state index contributed by atoms with van der Waals surface area (Å²) in [7, 11) is 0. The monoisotopic (exact) mass is 599 g/mol. The maximum atomic E-state index is 13.8. The third-order valence-electron chi connectivity index (χ3n) is 8.05. The molecule has 7 nitrogen and oxygen atoms in total. The first-order valence-corrected chi connectivity index (χ1v) is 15.7. The molecule has 0 bridgehead atoms. The molecule has 1 aliphatic carbocycles. The van der Waals surface area contributed by atoms with E-state index in [2.05, 4.69) is 16.4 Å². The fourth-order valence-electron chi connectivity index (χ4n) is 5.61. The molecule has 220 valence electrons. The highest BCUT2D eigenvalue weighted by Gasteiger charge is 2.21. The summed E-state index contributed by atoms with van der Waals surface area (Å²) >= 11 is 1.49. The summed E-state index contributed by atoms with van der Waals surface area (Å²) in [6, 6.07) is 31.0. The molecular formula is C36H33N5O2S. The zero-order chi connectivity index (χ0) is 30.3. The van der Waals surface area contributed by atoms with Gasteiger partial charge in [-0.3, -0.25) is 9.59 Å². The van der Waals surface area contributed by atoms with Gasteiger partial charge in [0.25, 0.3) is 11.8 Å². The third kappa shape index (κ3) is 6.80. The number of benzene rings is 3. The largest absolute Gasteiger partial charge is 0.349 e. The summed E-state index contributed by atoms with van der Waals surface area (Å²) in [5, 5.41) is 12.3. The van der Waals surface area contributed by atoms with Crippen LogP contribution >= 0.6 is 11.3 Å². The van der Waals surface area contributed by atoms with Crippen molar-refractivity contribution in [3.8, 4) is 16.5 Å². The van der Waals surface area contributed by atoms with Gasteiger partial charge in [0.05, 0.1) is 35.1 Å². The number of aromatic nitrogens is 2. The molecular weight excluding hydrogens is 566 g/mol. The second-order valence-electron chi connectivity index (χ2n) is 11.1. The molecule has 6 rings (SSSR count). The van der Waals surface area contributed by atoms with Gasteiger partial charge in [-0.05, 0) is 72.5 Å². The Morgan fingerprint density at radius 2 is 1.68 bits per heavy atom. The Morgan fingerprint density at radius 1 is 0.932 bits per heavy atom. The Bertz CT molecular complexity index is 1760. The molecule has 1 saturated carbocycles. The van der Waals surface area contributed by atoms with Crippen molar-refractivity contribution in [2.24, 2.45) is 0 Å². The number of hydrogen-bond acceptors (Lipinski definition) is 5. The maximum absolute atomic E-state index is 13.8. The lowest BCUT2D eigenvalue weighted by molar-refractivity contribution is 0.0930. The summed E-state index contributed by atoms with van der Waals surface area (Å²) in [5.74, 6) is -0.107. The van der Waals surface area contributed by atoms with Crippen LogP contribution in [0.5, 0.6) is 0 Å². The van der Waals surface area contributed by atoms with E-state index >= 15 is 0 Å². The van der Waals surface area contributed by atoms with Crippen LogP contribution in [-0.2, 0) is 13.1 Å². The number of carbonyl (C=O) groups excluding carboxylic acids is 2. The summed E-state index contributed by atoms with van der Waals surface area (Å²) in [5.41, 5.74) is 4.89. The second-order valence-corrected chi connectivity index (χ2v) is 12.2. The third-order valence-corrected chi connectivity index (χ3v) is 9.19. The summed E-state index contributed by atoms with van der Waals surface area (Å²) in [6.45, 7) is 0.899. The predicted molar refractivity (Wildman–Crippen MR) is 174 cm³/mol. The Balaban J connectivity index is 1.22. The van der Waals surface area contributed by atoms with Crippen LogP contribution in [0.1, 0.15) is 69.0 Å². The van der Waals surface area contributed by atoms with Crippen LogP contribution in [0.2, 0.25) is 0 Å². The first-order chi connectivity index (χ1) is 21.6. The SMILES string of the molecule is N#Cc1ccc(Cn2cncc2CN(C(=O)c2ccccc2)c2ccc(-c3ccc(C(=O)NC4CCCCC4)s3)cc2)cc1. The number of anilines is 1. The van der Waals surface area contributed by atoms with Crippen molar-refractivity contribution in [3.63, 3.8) is 0 Å². The lowest BCUT2D eigenvalue weighted by Crippen LogP contribution is -2.35. The highest BCUT2D eigenvalue weighted by Crippen LogP contribution is 2.31. The molecule has 2 amide bonds. The number of amides is 2. The van der Waals surface area contributed by atoms with Crippen molar-refractivity contribution in [3.05, 3.63) is 131 Å². The van der Waals surface area contributed by atoms with Gasteiger partial charge in [-0.1, -0.05) is 61.7 Å². The normalized spacial score (nSPS) is 13.2. The van der Waals surface area contributed by atoms with Crippen LogP contribution in [-0.4, -0.2) is 27.4 Å². The number of nitrogens with one attached hydrogen (secondary N) is 1. The van der Waals surface area contributed by atoms with Crippen molar-refractivity contribution in [2.45, 2.75) is 51.2 Å². The predicted octanol–water partition coefficient (Wildman–Crippen LogP) is 7.44. The van der Waals surface area contributed by atoms with Crippen molar-refractivity contribution >= 4 is 28.8 Å². The van der Waals surface area contributed by atoms with E-state index in [1.54, 1.807) is 29.6 Å². The van der Waals surface area contributed by atoms with Crippen LogP contribution in [0.4, 0.5) is 5.69 Å². The second kappa shape index (κ2) is 13.5. The summed E-state index contributed by atoms with van der Waals surface area (Å²) in [4.78, 5) is 34.6. The topological polar surface area (TPSA) is 91.0 Å². The lowest BCUT2D eigenvalue weighted by atomic mass is 9.95. The molecule has 0 spiro atoms. The molecule has 2 aromatic heterocycles. The van der Waals surface area contributed by atoms with Gasteiger partial charge in [0.15, 0.2) is 0 Å². The van der Waals surface area contributed by atoms with Crippen molar-refractivity contribution in [2.75, 3.05) is 4.90 Å². The van der Waals surface area contributed by atoms with E-state index in [1.807, 2.05) is 83.4 Å². The lowest BCUT2D eigenvalue weighted by Gasteiger charge is -2.24. The molecule has 3 aromatic carbocycles. The molecule has 0 radical (unpaired) electrons. The van der Waals surface area contributed by atoms with Crippen LogP contribution in [0, 0.1) is 11.3 Å². The minimum absolute atomic E-state index is 0.00187. The van der Waals surface area contributed by atoms with Gasteiger partial charge >= 0.3 is 0 Å². The first kappa shape index (κ1) is 29.1. The van der Waals surface area contributed by atoms with E-state index in [9.17, 15) is 9.59 Å². The number of hydrogen-bond donors (Lipinski definition) is 1. The Morgan fingerprint density at radius 3 is 2.41 bits per heavy atom. The number of imidazole rings is 1. The molecule has 5 aromatic rings. The molecule has 1 aliphatic rings. The van der Waals surface area contributed by atoms with E-state index in [0.717, 1.165) is 40.2 Å². The molecule has 1 N–H and O–H groups in total. The highest BCUT2D eigenvalue weighted by molar-refractivity contribution is 7.17. The average molecular weight is 600 g/mol. The van der Waals surface area contributed by atoms with Crippen LogP contribution in [0.15, 0.2) is 104 Å². The molecule has 0 atom stereocenters. The van der Waals surface area contributed by atoms with Gasteiger partial charge in [0.2, 0.25) is 0 Å². The Labute approximate surface area is 261 Å². The summed E-state index contributed by atoms with van der Waals surface area (Å²) < 4.78 is 2.02.